The van der Waals surface area contributed by atoms with E-state index in [1.54, 1.807) is 9.80 Å². The first-order valence-electron chi connectivity index (χ1n) is 9.44. The van der Waals surface area contributed by atoms with E-state index in [-0.39, 0.29) is 11.8 Å². The van der Waals surface area contributed by atoms with Crippen LogP contribution in [0.25, 0.3) is 11.0 Å². The molecule has 144 valence electrons. The fourth-order valence-corrected chi connectivity index (χ4v) is 3.83. The summed E-state index contributed by atoms with van der Waals surface area (Å²) in [5.41, 5.74) is 2.62. The van der Waals surface area contributed by atoms with E-state index in [1.165, 1.54) is 0 Å². The van der Waals surface area contributed by atoms with Gasteiger partial charge in [0, 0.05) is 43.7 Å². The number of carbonyl (C=O) groups is 2. The number of benzene rings is 1. The summed E-state index contributed by atoms with van der Waals surface area (Å²) in [5.74, 6) is 0.0928. The highest BCUT2D eigenvalue weighted by Gasteiger charge is 2.37. The summed E-state index contributed by atoms with van der Waals surface area (Å²) in [6.07, 6.45) is 0. The Morgan fingerprint density at radius 2 is 1.93 bits per heavy atom. The number of furan rings is 1. The van der Waals surface area contributed by atoms with E-state index in [0.29, 0.717) is 57.3 Å². The standard InChI is InChI=1S/C20H25N3O4/c1-13-3-4-15-14(2)18(27-17(15)11-13)20(25)23-6-5-21-12-16(23)19(24)22-7-9-26-10-8-22/h3-4,11,16,21H,5-10,12H2,1-2H3. The number of amides is 2. The number of rotatable bonds is 2. The Labute approximate surface area is 158 Å². The van der Waals surface area contributed by atoms with Crippen LogP contribution in [0, 0.1) is 13.8 Å². The zero-order valence-electron chi connectivity index (χ0n) is 15.8. The quantitative estimate of drug-likeness (QED) is 0.862. The number of nitrogens with zero attached hydrogens (tertiary/aromatic N) is 2. The van der Waals surface area contributed by atoms with Crippen molar-refractivity contribution in [3.05, 3.63) is 35.1 Å². The largest absolute Gasteiger partial charge is 0.451 e. The Morgan fingerprint density at radius 3 is 2.70 bits per heavy atom. The topological polar surface area (TPSA) is 75.0 Å². The highest BCUT2D eigenvalue weighted by molar-refractivity contribution is 6.01. The molecule has 0 bridgehead atoms. The van der Waals surface area contributed by atoms with Crippen LogP contribution in [0.2, 0.25) is 0 Å². The molecule has 2 fully saturated rings. The number of fused-ring (bicyclic) bond motifs is 1. The van der Waals surface area contributed by atoms with Crippen molar-refractivity contribution in [2.24, 2.45) is 0 Å². The van der Waals surface area contributed by atoms with Gasteiger partial charge in [-0.3, -0.25) is 9.59 Å². The van der Waals surface area contributed by atoms with Crippen molar-refractivity contribution in [3.63, 3.8) is 0 Å². The van der Waals surface area contributed by atoms with Crippen molar-refractivity contribution < 1.29 is 18.7 Å². The maximum Gasteiger partial charge on any atom is 0.290 e. The van der Waals surface area contributed by atoms with Gasteiger partial charge in [-0.15, -0.1) is 0 Å². The summed E-state index contributed by atoms with van der Waals surface area (Å²) in [6.45, 7) is 7.72. The van der Waals surface area contributed by atoms with E-state index >= 15 is 0 Å². The number of piperazine rings is 1. The summed E-state index contributed by atoms with van der Waals surface area (Å²) in [6, 6.07) is 5.41. The van der Waals surface area contributed by atoms with Gasteiger partial charge in [0.05, 0.1) is 13.2 Å². The van der Waals surface area contributed by atoms with Gasteiger partial charge in [0.1, 0.15) is 11.6 Å². The SMILES string of the molecule is Cc1ccc2c(C)c(C(=O)N3CCNCC3C(=O)N3CCOCC3)oc2c1. The molecule has 27 heavy (non-hydrogen) atoms. The van der Waals surface area contributed by atoms with Crippen LogP contribution in [0.3, 0.4) is 0 Å². The minimum absolute atomic E-state index is 0.0246. The van der Waals surface area contributed by atoms with Gasteiger partial charge in [0.15, 0.2) is 5.76 Å². The number of aryl methyl sites for hydroxylation is 2. The molecule has 2 saturated heterocycles. The van der Waals surface area contributed by atoms with E-state index < -0.39 is 6.04 Å². The summed E-state index contributed by atoms with van der Waals surface area (Å²) >= 11 is 0. The minimum Gasteiger partial charge on any atom is -0.451 e. The third-order valence-corrected chi connectivity index (χ3v) is 5.40. The van der Waals surface area contributed by atoms with E-state index in [9.17, 15) is 9.59 Å². The first-order chi connectivity index (χ1) is 13.1. The van der Waals surface area contributed by atoms with Crippen LogP contribution in [0.15, 0.2) is 22.6 Å². The molecule has 7 heteroatoms. The highest BCUT2D eigenvalue weighted by atomic mass is 16.5. The number of nitrogens with one attached hydrogen (secondary N) is 1. The predicted molar refractivity (Wildman–Crippen MR) is 101 cm³/mol. The van der Waals surface area contributed by atoms with Gasteiger partial charge in [-0.2, -0.15) is 0 Å². The van der Waals surface area contributed by atoms with Gasteiger partial charge in [-0.1, -0.05) is 12.1 Å². The van der Waals surface area contributed by atoms with Crippen LogP contribution in [-0.2, 0) is 9.53 Å². The molecular weight excluding hydrogens is 346 g/mol. The number of hydrogen-bond acceptors (Lipinski definition) is 5. The number of morpholine rings is 1. The minimum atomic E-state index is -0.515. The average molecular weight is 371 g/mol. The smallest absolute Gasteiger partial charge is 0.290 e. The van der Waals surface area contributed by atoms with Gasteiger partial charge in [0.2, 0.25) is 5.91 Å². The zero-order chi connectivity index (χ0) is 19.0. The molecule has 1 atom stereocenters. The Hall–Kier alpha value is -2.38. The van der Waals surface area contributed by atoms with Crippen molar-refractivity contribution in [1.82, 2.24) is 15.1 Å². The molecule has 1 N–H and O–H groups in total. The van der Waals surface area contributed by atoms with Crippen LogP contribution >= 0.6 is 0 Å². The second-order valence-corrected chi connectivity index (χ2v) is 7.21. The lowest BCUT2D eigenvalue weighted by Crippen LogP contribution is -2.61. The molecule has 2 amide bonds. The maximum atomic E-state index is 13.3. The molecule has 0 aliphatic carbocycles. The zero-order valence-corrected chi connectivity index (χ0v) is 15.8. The normalized spacial score (nSPS) is 20.9. The van der Waals surface area contributed by atoms with Crippen LogP contribution in [0.1, 0.15) is 21.7 Å². The summed E-state index contributed by atoms with van der Waals surface area (Å²) in [7, 11) is 0. The van der Waals surface area contributed by atoms with Crippen LogP contribution in [0.4, 0.5) is 0 Å². The van der Waals surface area contributed by atoms with E-state index in [2.05, 4.69) is 5.32 Å². The van der Waals surface area contributed by atoms with E-state index in [0.717, 1.165) is 16.5 Å². The van der Waals surface area contributed by atoms with Crippen molar-refractivity contribution in [1.29, 1.82) is 0 Å². The molecule has 1 unspecified atom stereocenters. The van der Waals surface area contributed by atoms with Gasteiger partial charge in [0.25, 0.3) is 5.91 Å². The van der Waals surface area contributed by atoms with Gasteiger partial charge >= 0.3 is 0 Å². The Bertz CT molecular complexity index is 869. The van der Waals surface area contributed by atoms with Crippen molar-refractivity contribution >= 4 is 22.8 Å². The summed E-state index contributed by atoms with van der Waals surface area (Å²) in [4.78, 5) is 29.7. The molecule has 1 aromatic carbocycles. The average Bonchev–Trinajstić information content (AvgIpc) is 3.03. The third-order valence-electron chi connectivity index (χ3n) is 5.40. The molecule has 7 nitrogen and oxygen atoms in total. The molecule has 0 radical (unpaired) electrons. The molecule has 0 spiro atoms. The molecule has 2 aromatic rings. The van der Waals surface area contributed by atoms with Crippen molar-refractivity contribution in [3.8, 4) is 0 Å². The second-order valence-electron chi connectivity index (χ2n) is 7.21. The highest BCUT2D eigenvalue weighted by Crippen LogP contribution is 2.28. The number of hydrogen-bond donors (Lipinski definition) is 1. The predicted octanol–water partition coefficient (Wildman–Crippen LogP) is 1.32. The van der Waals surface area contributed by atoms with Gasteiger partial charge in [-0.25, -0.2) is 0 Å². The van der Waals surface area contributed by atoms with Crippen LogP contribution in [0.5, 0.6) is 0 Å². The van der Waals surface area contributed by atoms with E-state index in [4.69, 9.17) is 9.15 Å². The molecular formula is C20H25N3O4. The van der Waals surface area contributed by atoms with Crippen LogP contribution in [-0.4, -0.2) is 73.6 Å². The first-order valence-corrected chi connectivity index (χ1v) is 9.44. The third kappa shape index (κ3) is 3.33. The first kappa shape index (κ1) is 18.0. The molecule has 0 saturated carbocycles. The van der Waals surface area contributed by atoms with E-state index in [1.807, 2.05) is 32.0 Å². The molecule has 4 rings (SSSR count). The maximum absolute atomic E-state index is 13.3. The Morgan fingerprint density at radius 1 is 1.15 bits per heavy atom. The summed E-state index contributed by atoms with van der Waals surface area (Å²) in [5, 5.41) is 4.18. The number of ether oxygens (including phenoxy) is 1. The fourth-order valence-electron chi connectivity index (χ4n) is 3.83. The van der Waals surface area contributed by atoms with Crippen molar-refractivity contribution in [2.75, 3.05) is 45.9 Å². The van der Waals surface area contributed by atoms with Crippen molar-refractivity contribution in [2.45, 2.75) is 19.9 Å². The monoisotopic (exact) mass is 371 g/mol. The van der Waals surface area contributed by atoms with Crippen LogP contribution < -0.4 is 5.32 Å². The summed E-state index contributed by atoms with van der Waals surface area (Å²) < 4.78 is 11.2. The molecule has 2 aliphatic rings. The Balaban J connectivity index is 1.62. The van der Waals surface area contributed by atoms with Gasteiger partial charge in [-0.05, 0) is 25.5 Å². The fraction of sp³-hybridized carbons (Fsp3) is 0.500. The lowest BCUT2D eigenvalue weighted by Gasteiger charge is -2.38. The number of carbonyl (C=O) groups excluding carboxylic acids is 2. The van der Waals surface area contributed by atoms with Gasteiger partial charge < -0.3 is 24.3 Å². The second kappa shape index (κ2) is 7.32. The molecule has 1 aromatic heterocycles. The lowest BCUT2D eigenvalue weighted by molar-refractivity contribution is -0.140. The Kier molecular flexibility index (Phi) is 4.88. The molecule has 3 heterocycles. The molecule has 2 aliphatic heterocycles. The lowest BCUT2D eigenvalue weighted by atomic mass is 10.1.